The Labute approximate surface area is 131 Å². The van der Waals surface area contributed by atoms with E-state index in [0.717, 1.165) is 17.8 Å². The molecule has 1 saturated heterocycles. The molecule has 1 aliphatic rings. The van der Waals surface area contributed by atoms with Gasteiger partial charge in [0.05, 0.1) is 5.92 Å². The molecule has 2 unspecified atom stereocenters. The summed E-state index contributed by atoms with van der Waals surface area (Å²) < 4.78 is 5.51. The molecule has 5 heteroatoms. The van der Waals surface area contributed by atoms with Gasteiger partial charge in [-0.05, 0) is 38.5 Å². The fourth-order valence-electron chi connectivity index (χ4n) is 2.67. The van der Waals surface area contributed by atoms with Crippen LogP contribution < -0.4 is 10.6 Å². The number of rotatable bonds is 3. The zero-order chi connectivity index (χ0) is 16.3. The van der Waals surface area contributed by atoms with E-state index in [0.29, 0.717) is 6.54 Å². The largest absolute Gasteiger partial charge is 0.460 e. The van der Waals surface area contributed by atoms with Gasteiger partial charge in [-0.2, -0.15) is 0 Å². The van der Waals surface area contributed by atoms with Gasteiger partial charge in [-0.15, -0.1) is 0 Å². The fraction of sp³-hybridized carbons (Fsp3) is 0.529. The van der Waals surface area contributed by atoms with Crippen molar-refractivity contribution in [3.8, 4) is 0 Å². The van der Waals surface area contributed by atoms with Crippen LogP contribution in [0.5, 0.6) is 0 Å². The van der Waals surface area contributed by atoms with Gasteiger partial charge in [0.15, 0.2) is 0 Å². The number of esters is 1. The lowest BCUT2D eigenvalue weighted by atomic mass is 9.88. The molecule has 120 valence electrons. The van der Waals surface area contributed by atoms with Gasteiger partial charge >= 0.3 is 5.97 Å². The van der Waals surface area contributed by atoms with Crippen molar-refractivity contribution < 1.29 is 14.3 Å². The molecule has 5 nitrogen and oxygen atoms in total. The third-order valence-corrected chi connectivity index (χ3v) is 3.58. The summed E-state index contributed by atoms with van der Waals surface area (Å²) in [6.07, 6.45) is 0. The molecule has 0 aliphatic carbocycles. The molecule has 0 spiro atoms. The van der Waals surface area contributed by atoms with Crippen LogP contribution in [0.1, 0.15) is 39.2 Å². The molecule has 22 heavy (non-hydrogen) atoms. The van der Waals surface area contributed by atoms with E-state index in [1.807, 2.05) is 45.0 Å². The minimum atomic E-state index is -0.473. The van der Waals surface area contributed by atoms with Gasteiger partial charge in [-0.1, -0.05) is 12.1 Å². The van der Waals surface area contributed by atoms with Crippen LogP contribution in [-0.4, -0.2) is 30.6 Å². The predicted octanol–water partition coefficient (Wildman–Crippen LogP) is 2.29. The van der Waals surface area contributed by atoms with Crippen molar-refractivity contribution in [2.45, 2.75) is 39.2 Å². The zero-order valence-corrected chi connectivity index (χ0v) is 13.6. The Morgan fingerprint density at radius 3 is 2.36 bits per heavy atom. The Morgan fingerprint density at radius 2 is 1.82 bits per heavy atom. The summed E-state index contributed by atoms with van der Waals surface area (Å²) in [5.41, 5.74) is 1.37. The Balaban J connectivity index is 2.10. The number of benzene rings is 1. The van der Waals surface area contributed by atoms with Gasteiger partial charge in [0.1, 0.15) is 5.60 Å². The lowest BCUT2D eigenvalue weighted by Gasteiger charge is -2.24. The quantitative estimate of drug-likeness (QED) is 0.841. The molecule has 1 fully saturated rings. The van der Waals surface area contributed by atoms with Crippen molar-refractivity contribution in [2.24, 2.45) is 5.92 Å². The molecule has 1 aromatic rings. The molecule has 0 radical (unpaired) electrons. The van der Waals surface area contributed by atoms with Crippen LogP contribution in [0.2, 0.25) is 0 Å². The Hall–Kier alpha value is -1.88. The van der Waals surface area contributed by atoms with Gasteiger partial charge in [-0.3, -0.25) is 9.59 Å². The molecule has 2 atom stereocenters. The third kappa shape index (κ3) is 4.31. The number of carbonyl (C=O) groups excluding carboxylic acids is 2. The summed E-state index contributed by atoms with van der Waals surface area (Å²) in [5.74, 6) is -0.331. The third-order valence-electron chi connectivity index (χ3n) is 3.58. The van der Waals surface area contributed by atoms with Crippen molar-refractivity contribution in [3.63, 3.8) is 0 Å². The van der Waals surface area contributed by atoms with E-state index in [4.69, 9.17) is 4.74 Å². The lowest BCUT2D eigenvalue weighted by Crippen LogP contribution is -2.31. The first-order chi connectivity index (χ1) is 10.3. The Kier molecular flexibility index (Phi) is 4.86. The van der Waals surface area contributed by atoms with E-state index in [1.54, 1.807) is 0 Å². The first kappa shape index (κ1) is 16.5. The standard InChI is InChI=1S/C17H24N2O3/c1-11(20)19-13-7-5-12(6-8-13)14-9-18-10-15(14)16(21)22-17(2,3)4/h5-8,14-15,18H,9-10H2,1-4H3,(H,19,20). The summed E-state index contributed by atoms with van der Waals surface area (Å²) in [7, 11) is 0. The second-order valence-electron chi connectivity index (χ2n) is 6.71. The maximum atomic E-state index is 12.3. The number of amides is 1. The maximum Gasteiger partial charge on any atom is 0.311 e. The zero-order valence-electron chi connectivity index (χ0n) is 13.6. The van der Waals surface area contributed by atoms with Crippen LogP contribution in [0, 0.1) is 5.92 Å². The lowest BCUT2D eigenvalue weighted by molar-refractivity contribution is -0.159. The molecule has 2 rings (SSSR count). The van der Waals surface area contributed by atoms with E-state index in [1.165, 1.54) is 6.92 Å². The molecular formula is C17H24N2O3. The van der Waals surface area contributed by atoms with Crippen LogP contribution in [0.25, 0.3) is 0 Å². The van der Waals surface area contributed by atoms with E-state index < -0.39 is 5.60 Å². The highest BCUT2D eigenvalue weighted by molar-refractivity contribution is 5.88. The van der Waals surface area contributed by atoms with Crippen LogP contribution in [0.15, 0.2) is 24.3 Å². The molecular weight excluding hydrogens is 280 g/mol. The van der Waals surface area contributed by atoms with Crippen molar-refractivity contribution in [3.05, 3.63) is 29.8 Å². The smallest absolute Gasteiger partial charge is 0.311 e. The highest BCUT2D eigenvalue weighted by Gasteiger charge is 2.36. The summed E-state index contributed by atoms with van der Waals surface area (Å²) >= 11 is 0. The number of ether oxygens (including phenoxy) is 1. The molecule has 1 aliphatic heterocycles. The van der Waals surface area contributed by atoms with Crippen LogP contribution in [0.3, 0.4) is 0 Å². The van der Waals surface area contributed by atoms with Gasteiger partial charge in [0.2, 0.25) is 5.91 Å². The second-order valence-corrected chi connectivity index (χ2v) is 6.71. The van der Waals surface area contributed by atoms with Crippen molar-refractivity contribution >= 4 is 17.6 Å². The highest BCUT2D eigenvalue weighted by atomic mass is 16.6. The van der Waals surface area contributed by atoms with Crippen molar-refractivity contribution in [1.29, 1.82) is 0 Å². The number of hydrogen-bond donors (Lipinski definition) is 2. The van der Waals surface area contributed by atoms with E-state index in [2.05, 4.69) is 10.6 Å². The number of carbonyl (C=O) groups is 2. The minimum absolute atomic E-state index is 0.0954. The normalized spacial score (nSPS) is 21.5. The van der Waals surface area contributed by atoms with Crippen LogP contribution in [-0.2, 0) is 14.3 Å². The van der Waals surface area contributed by atoms with Crippen molar-refractivity contribution in [2.75, 3.05) is 18.4 Å². The summed E-state index contributed by atoms with van der Waals surface area (Å²) in [6, 6.07) is 7.64. The van der Waals surface area contributed by atoms with Gasteiger partial charge in [-0.25, -0.2) is 0 Å². The molecule has 1 amide bonds. The average molecular weight is 304 g/mol. The molecule has 0 bridgehead atoms. The van der Waals surface area contributed by atoms with E-state index in [-0.39, 0.29) is 23.7 Å². The van der Waals surface area contributed by atoms with Gasteiger partial charge in [0, 0.05) is 31.6 Å². The number of anilines is 1. The highest BCUT2D eigenvalue weighted by Crippen LogP contribution is 2.31. The molecule has 1 heterocycles. The van der Waals surface area contributed by atoms with Gasteiger partial charge in [0.25, 0.3) is 0 Å². The number of nitrogens with one attached hydrogen (secondary N) is 2. The molecule has 0 aromatic heterocycles. The SMILES string of the molecule is CC(=O)Nc1ccc(C2CNCC2C(=O)OC(C)(C)C)cc1. The van der Waals surface area contributed by atoms with Crippen LogP contribution >= 0.6 is 0 Å². The topological polar surface area (TPSA) is 67.4 Å². The predicted molar refractivity (Wildman–Crippen MR) is 85.7 cm³/mol. The first-order valence-electron chi connectivity index (χ1n) is 7.57. The maximum absolute atomic E-state index is 12.3. The molecule has 2 N–H and O–H groups in total. The first-order valence-corrected chi connectivity index (χ1v) is 7.57. The van der Waals surface area contributed by atoms with Gasteiger partial charge < -0.3 is 15.4 Å². The molecule has 1 aromatic carbocycles. The van der Waals surface area contributed by atoms with Crippen molar-refractivity contribution in [1.82, 2.24) is 5.32 Å². The summed E-state index contributed by atoms with van der Waals surface area (Å²) in [6.45, 7) is 8.50. The Bertz CT molecular complexity index is 546. The monoisotopic (exact) mass is 304 g/mol. The minimum Gasteiger partial charge on any atom is -0.460 e. The van der Waals surface area contributed by atoms with E-state index in [9.17, 15) is 9.59 Å². The second kappa shape index (κ2) is 6.48. The van der Waals surface area contributed by atoms with Crippen LogP contribution in [0.4, 0.5) is 5.69 Å². The molecule has 0 saturated carbocycles. The Morgan fingerprint density at radius 1 is 1.18 bits per heavy atom. The summed E-state index contributed by atoms with van der Waals surface area (Å²) in [4.78, 5) is 23.4. The number of hydrogen-bond acceptors (Lipinski definition) is 4. The average Bonchev–Trinajstić information content (AvgIpc) is 2.86. The fourth-order valence-corrected chi connectivity index (χ4v) is 2.67. The summed E-state index contributed by atoms with van der Waals surface area (Å²) in [5, 5.41) is 6.01. The van der Waals surface area contributed by atoms with E-state index >= 15 is 0 Å².